The third kappa shape index (κ3) is 3.41. The van der Waals surface area contributed by atoms with Crippen LogP contribution in [0.15, 0.2) is 45.3 Å². The van der Waals surface area contributed by atoms with Gasteiger partial charge in [0.15, 0.2) is 5.58 Å². The van der Waals surface area contributed by atoms with Gasteiger partial charge in [0, 0.05) is 16.1 Å². The average molecular weight is 394 g/mol. The second-order valence-electron chi connectivity index (χ2n) is 5.47. The third-order valence-corrected chi connectivity index (χ3v) is 4.16. The Balaban J connectivity index is 1.99. The summed E-state index contributed by atoms with van der Waals surface area (Å²) in [4.78, 5) is 16.3. The van der Waals surface area contributed by atoms with Crippen molar-refractivity contribution in [2.24, 2.45) is 5.92 Å². The van der Waals surface area contributed by atoms with Crippen molar-refractivity contribution in [3.8, 4) is 11.5 Å². The van der Waals surface area contributed by atoms with Crippen LogP contribution in [0.4, 0.5) is 5.69 Å². The lowest BCUT2D eigenvalue weighted by Crippen LogP contribution is -2.17. The molecule has 0 aliphatic rings. The van der Waals surface area contributed by atoms with E-state index in [9.17, 15) is 4.79 Å². The Labute approximate surface area is 147 Å². The lowest BCUT2D eigenvalue weighted by atomic mass is 10.2. The van der Waals surface area contributed by atoms with Gasteiger partial charge in [0.05, 0.1) is 10.6 Å². The fraction of sp³-hybridized carbons (Fsp3) is 0.176. The molecule has 0 radical (unpaired) electrons. The number of nitrogens with zero attached hydrogens (tertiary/aromatic N) is 1. The second kappa shape index (κ2) is 6.34. The van der Waals surface area contributed by atoms with E-state index in [0.29, 0.717) is 33.3 Å². The van der Waals surface area contributed by atoms with Gasteiger partial charge >= 0.3 is 0 Å². The van der Waals surface area contributed by atoms with Crippen LogP contribution in [0.3, 0.4) is 0 Å². The number of fused-ring (bicyclic) bond motifs is 1. The number of rotatable bonds is 3. The van der Waals surface area contributed by atoms with Crippen LogP contribution in [-0.2, 0) is 4.79 Å². The number of hydrogen-bond acceptors (Lipinski definition) is 3. The van der Waals surface area contributed by atoms with Gasteiger partial charge < -0.3 is 9.73 Å². The SMILES string of the molecule is CC(C)C(=O)Nc1ccc2oc(-c3cc(Br)ccc3Cl)nc2c1. The van der Waals surface area contributed by atoms with Crippen molar-refractivity contribution in [3.63, 3.8) is 0 Å². The molecule has 118 valence electrons. The van der Waals surface area contributed by atoms with E-state index in [1.807, 2.05) is 26.0 Å². The molecule has 23 heavy (non-hydrogen) atoms. The van der Waals surface area contributed by atoms with Gasteiger partial charge in [0.1, 0.15) is 5.52 Å². The van der Waals surface area contributed by atoms with Gasteiger partial charge in [-0.1, -0.05) is 41.4 Å². The molecule has 0 spiro atoms. The summed E-state index contributed by atoms with van der Waals surface area (Å²) in [6.07, 6.45) is 0. The van der Waals surface area contributed by atoms with Gasteiger partial charge in [-0.3, -0.25) is 4.79 Å². The minimum Gasteiger partial charge on any atom is -0.436 e. The van der Waals surface area contributed by atoms with Gasteiger partial charge in [-0.15, -0.1) is 0 Å². The molecule has 0 aliphatic heterocycles. The minimum absolute atomic E-state index is 0.0388. The summed E-state index contributed by atoms with van der Waals surface area (Å²) in [7, 11) is 0. The molecular weight excluding hydrogens is 380 g/mol. The number of carbonyl (C=O) groups excluding carboxylic acids is 1. The number of halogens is 2. The lowest BCUT2D eigenvalue weighted by Gasteiger charge is -2.06. The van der Waals surface area contributed by atoms with Crippen LogP contribution >= 0.6 is 27.5 Å². The molecule has 0 aliphatic carbocycles. The van der Waals surface area contributed by atoms with Crippen molar-refractivity contribution >= 4 is 50.2 Å². The maximum Gasteiger partial charge on any atom is 0.228 e. The molecule has 0 fully saturated rings. The summed E-state index contributed by atoms with van der Waals surface area (Å²) < 4.78 is 6.66. The van der Waals surface area contributed by atoms with Gasteiger partial charge in [-0.2, -0.15) is 0 Å². The standard InChI is InChI=1S/C17H14BrClN2O2/c1-9(2)16(22)20-11-4-6-15-14(8-11)21-17(23-15)12-7-10(18)3-5-13(12)19/h3-9H,1-2H3,(H,20,22). The molecule has 3 aromatic rings. The van der Waals surface area contributed by atoms with Crippen molar-refractivity contribution in [2.45, 2.75) is 13.8 Å². The molecule has 3 rings (SSSR count). The summed E-state index contributed by atoms with van der Waals surface area (Å²) in [5, 5.41) is 3.41. The Kier molecular flexibility index (Phi) is 4.41. The van der Waals surface area contributed by atoms with Crippen molar-refractivity contribution in [1.82, 2.24) is 4.98 Å². The van der Waals surface area contributed by atoms with Crippen LogP contribution < -0.4 is 5.32 Å². The number of nitrogens with one attached hydrogen (secondary N) is 1. The minimum atomic E-state index is -0.0842. The van der Waals surface area contributed by atoms with Crippen molar-refractivity contribution < 1.29 is 9.21 Å². The predicted molar refractivity (Wildman–Crippen MR) is 95.6 cm³/mol. The molecule has 1 aromatic heterocycles. The zero-order valence-corrected chi connectivity index (χ0v) is 14.9. The molecular formula is C17H14BrClN2O2. The number of carbonyl (C=O) groups is 1. The molecule has 1 amide bonds. The van der Waals surface area contributed by atoms with Gasteiger partial charge in [-0.05, 0) is 36.4 Å². The largest absolute Gasteiger partial charge is 0.436 e. The van der Waals surface area contributed by atoms with E-state index in [-0.39, 0.29) is 11.8 Å². The molecule has 0 bridgehead atoms. The zero-order chi connectivity index (χ0) is 16.6. The van der Waals surface area contributed by atoms with E-state index >= 15 is 0 Å². The normalized spacial score (nSPS) is 11.2. The predicted octanol–water partition coefficient (Wildman–Crippen LogP) is 5.51. The van der Waals surface area contributed by atoms with E-state index in [1.165, 1.54) is 0 Å². The first-order valence-corrected chi connectivity index (χ1v) is 8.28. The second-order valence-corrected chi connectivity index (χ2v) is 6.79. The third-order valence-electron chi connectivity index (χ3n) is 3.34. The molecule has 1 heterocycles. The number of oxazole rings is 1. The van der Waals surface area contributed by atoms with Gasteiger partial charge in [-0.25, -0.2) is 4.98 Å². The maximum atomic E-state index is 11.8. The maximum absolute atomic E-state index is 11.8. The molecule has 0 atom stereocenters. The first-order valence-electron chi connectivity index (χ1n) is 7.11. The highest BCUT2D eigenvalue weighted by molar-refractivity contribution is 9.10. The number of hydrogen-bond donors (Lipinski definition) is 1. The quantitative estimate of drug-likeness (QED) is 0.639. The molecule has 1 N–H and O–H groups in total. The van der Waals surface area contributed by atoms with E-state index in [4.69, 9.17) is 16.0 Å². The fourth-order valence-electron chi connectivity index (χ4n) is 2.07. The Morgan fingerprint density at radius 2 is 2.04 bits per heavy atom. The number of anilines is 1. The molecule has 0 unspecified atom stereocenters. The summed E-state index contributed by atoms with van der Waals surface area (Å²) in [5.41, 5.74) is 2.71. The van der Waals surface area contributed by atoms with Crippen molar-refractivity contribution in [3.05, 3.63) is 45.9 Å². The highest BCUT2D eigenvalue weighted by Gasteiger charge is 2.13. The van der Waals surface area contributed by atoms with Crippen LogP contribution in [0.2, 0.25) is 5.02 Å². The molecule has 2 aromatic carbocycles. The Morgan fingerprint density at radius 1 is 1.26 bits per heavy atom. The summed E-state index contributed by atoms with van der Waals surface area (Å²) in [6, 6.07) is 10.9. The van der Waals surface area contributed by atoms with Crippen LogP contribution in [-0.4, -0.2) is 10.9 Å². The lowest BCUT2D eigenvalue weighted by molar-refractivity contribution is -0.118. The Morgan fingerprint density at radius 3 is 2.78 bits per heavy atom. The first-order chi connectivity index (χ1) is 10.9. The fourth-order valence-corrected chi connectivity index (χ4v) is 2.63. The zero-order valence-electron chi connectivity index (χ0n) is 12.6. The van der Waals surface area contributed by atoms with Crippen LogP contribution in [0.1, 0.15) is 13.8 Å². The van der Waals surface area contributed by atoms with Crippen LogP contribution in [0.5, 0.6) is 0 Å². The Hall–Kier alpha value is -1.85. The van der Waals surface area contributed by atoms with E-state index < -0.39 is 0 Å². The molecule has 6 heteroatoms. The monoisotopic (exact) mass is 392 g/mol. The smallest absolute Gasteiger partial charge is 0.228 e. The van der Waals surface area contributed by atoms with Gasteiger partial charge in [0.25, 0.3) is 0 Å². The first kappa shape index (κ1) is 16.0. The highest BCUT2D eigenvalue weighted by Crippen LogP contribution is 2.32. The van der Waals surface area contributed by atoms with E-state index in [1.54, 1.807) is 24.3 Å². The topological polar surface area (TPSA) is 55.1 Å². The summed E-state index contributed by atoms with van der Waals surface area (Å²) in [6.45, 7) is 3.69. The van der Waals surface area contributed by atoms with E-state index in [2.05, 4.69) is 26.2 Å². The number of benzene rings is 2. The highest BCUT2D eigenvalue weighted by atomic mass is 79.9. The number of aromatic nitrogens is 1. The summed E-state index contributed by atoms with van der Waals surface area (Å²) in [5.74, 6) is 0.320. The van der Waals surface area contributed by atoms with Crippen molar-refractivity contribution in [1.29, 1.82) is 0 Å². The van der Waals surface area contributed by atoms with Crippen LogP contribution in [0.25, 0.3) is 22.6 Å². The van der Waals surface area contributed by atoms with Crippen molar-refractivity contribution in [2.75, 3.05) is 5.32 Å². The van der Waals surface area contributed by atoms with Gasteiger partial charge in [0.2, 0.25) is 11.8 Å². The summed E-state index contributed by atoms with van der Waals surface area (Å²) >= 11 is 9.63. The molecule has 4 nitrogen and oxygen atoms in total. The van der Waals surface area contributed by atoms with Crippen LogP contribution in [0, 0.1) is 5.92 Å². The molecule has 0 saturated heterocycles. The number of amides is 1. The average Bonchev–Trinajstić information content (AvgIpc) is 2.92. The van der Waals surface area contributed by atoms with E-state index in [0.717, 1.165) is 4.47 Å². The molecule has 0 saturated carbocycles. The Bertz CT molecular complexity index is 889.